The largest absolute Gasteiger partial charge is 0.324 e. The molecular weight excluding hydrogens is 382 g/mol. The summed E-state index contributed by atoms with van der Waals surface area (Å²) in [7, 11) is 0. The molecule has 1 amide bonds. The number of aryl methyl sites for hydroxylation is 1. The number of nitro groups is 1. The molecular formula is C19H13N3O3S2. The Hall–Kier alpha value is -3.10. The third-order valence-corrected chi connectivity index (χ3v) is 6.03. The minimum absolute atomic E-state index is 0.0541. The van der Waals surface area contributed by atoms with Crippen molar-refractivity contribution in [3.8, 4) is 10.6 Å². The van der Waals surface area contributed by atoms with Crippen molar-refractivity contribution in [1.29, 1.82) is 0 Å². The van der Waals surface area contributed by atoms with E-state index in [-0.39, 0.29) is 10.9 Å². The summed E-state index contributed by atoms with van der Waals surface area (Å²) in [5, 5.41) is 14.3. The smallest absolute Gasteiger partial charge is 0.321 e. The molecule has 2 aromatic carbocycles. The van der Waals surface area contributed by atoms with Crippen LogP contribution in [-0.2, 0) is 0 Å². The molecule has 0 fully saturated rings. The second-order valence-electron chi connectivity index (χ2n) is 5.92. The molecule has 4 aromatic rings. The van der Waals surface area contributed by atoms with Crippen molar-refractivity contribution in [3.05, 3.63) is 75.2 Å². The molecule has 0 aliphatic carbocycles. The predicted molar refractivity (Wildman–Crippen MR) is 109 cm³/mol. The van der Waals surface area contributed by atoms with Gasteiger partial charge in [0.1, 0.15) is 5.01 Å². The van der Waals surface area contributed by atoms with Crippen LogP contribution in [0.4, 0.5) is 10.7 Å². The fourth-order valence-corrected chi connectivity index (χ4v) is 4.38. The maximum absolute atomic E-state index is 12.2. The van der Waals surface area contributed by atoms with Crippen LogP contribution in [0.5, 0.6) is 0 Å². The number of nitrogens with one attached hydrogen (secondary N) is 1. The van der Waals surface area contributed by atoms with Crippen molar-refractivity contribution in [2.45, 2.75) is 6.92 Å². The van der Waals surface area contributed by atoms with Gasteiger partial charge in [0, 0.05) is 17.3 Å². The molecule has 4 rings (SSSR count). The topological polar surface area (TPSA) is 85.1 Å². The summed E-state index contributed by atoms with van der Waals surface area (Å²) in [6.45, 7) is 2.05. The molecule has 0 radical (unpaired) electrons. The summed E-state index contributed by atoms with van der Waals surface area (Å²) >= 11 is 2.48. The third-order valence-electron chi connectivity index (χ3n) is 3.93. The molecule has 2 aromatic heterocycles. The Morgan fingerprint density at radius 3 is 2.56 bits per heavy atom. The van der Waals surface area contributed by atoms with E-state index in [2.05, 4.69) is 23.3 Å². The van der Waals surface area contributed by atoms with Gasteiger partial charge in [-0.3, -0.25) is 14.9 Å². The number of nitrogens with zero attached hydrogens (tertiary/aromatic N) is 2. The zero-order valence-corrected chi connectivity index (χ0v) is 15.8. The average molecular weight is 395 g/mol. The van der Waals surface area contributed by atoms with E-state index in [0.717, 1.165) is 32.1 Å². The van der Waals surface area contributed by atoms with E-state index in [0.29, 0.717) is 10.6 Å². The van der Waals surface area contributed by atoms with Gasteiger partial charge in [-0.25, -0.2) is 4.98 Å². The number of aromatic nitrogens is 1. The highest BCUT2D eigenvalue weighted by atomic mass is 32.1. The van der Waals surface area contributed by atoms with E-state index in [9.17, 15) is 14.9 Å². The Balaban J connectivity index is 1.52. The molecule has 27 heavy (non-hydrogen) atoms. The first-order valence-corrected chi connectivity index (χ1v) is 9.66. The highest BCUT2D eigenvalue weighted by Gasteiger charge is 2.15. The van der Waals surface area contributed by atoms with Gasteiger partial charge in [-0.05, 0) is 55.0 Å². The van der Waals surface area contributed by atoms with E-state index in [1.807, 2.05) is 24.3 Å². The van der Waals surface area contributed by atoms with E-state index < -0.39 is 4.92 Å². The summed E-state index contributed by atoms with van der Waals surface area (Å²) in [5.41, 5.74) is 3.76. The number of carbonyl (C=O) groups excluding carboxylic acids is 1. The van der Waals surface area contributed by atoms with Crippen LogP contribution in [0.2, 0.25) is 0 Å². The number of hydrogen-bond donors (Lipinski definition) is 1. The van der Waals surface area contributed by atoms with E-state index >= 15 is 0 Å². The van der Waals surface area contributed by atoms with Crippen LogP contribution in [0.15, 0.2) is 54.6 Å². The van der Waals surface area contributed by atoms with Crippen LogP contribution < -0.4 is 5.32 Å². The molecule has 0 aliphatic rings. The highest BCUT2D eigenvalue weighted by molar-refractivity contribution is 7.21. The second kappa shape index (κ2) is 6.90. The molecule has 0 aliphatic heterocycles. The van der Waals surface area contributed by atoms with Gasteiger partial charge < -0.3 is 5.32 Å². The summed E-state index contributed by atoms with van der Waals surface area (Å²) in [6.07, 6.45) is 0. The SMILES string of the molecule is Cc1ccc2nc(-c3ccc(NC(=O)c4ccc([N+](=O)[O-])s4)cc3)sc2c1. The van der Waals surface area contributed by atoms with Gasteiger partial charge in [0.15, 0.2) is 0 Å². The van der Waals surface area contributed by atoms with Crippen LogP contribution in [0.3, 0.4) is 0 Å². The fourth-order valence-electron chi connectivity index (χ4n) is 2.59. The van der Waals surface area contributed by atoms with Gasteiger partial charge in [-0.1, -0.05) is 17.4 Å². The molecule has 0 atom stereocenters. The average Bonchev–Trinajstić information content (AvgIpc) is 3.29. The first-order chi connectivity index (χ1) is 13.0. The molecule has 0 spiro atoms. The van der Waals surface area contributed by atoms with Gasteiger partial charge in [0.05, 0.1) is 20.0 Å². The quantitative estimate of drug-likeness (QED) is 0.365. The summed E-state index contributed by atoms with van der Waals surface area (Å²) < 4.78 is 1.14. The first kappa shape index (κ1) is 17.3. The van der Waals surface area contributed by atoms with Crippen molar-refractivity contribution in [3.63, 3.8) is 0 Å². The van der Waals surface area contributed by atoms with E-state index in [1.54, 1.807) is 23.5 Å². The molecule has 134 valence electrons. The minimum atomic E-state index is -0.504. The van der Waals surface area contributed by atoms with Gasteiger partial charge in [-0.15, -0.1) is 11.3 Å². The summed E-state index contributed by atoms with van der Waals surface area (Å²) in [6, 6.07) is 16.4. The summed E-state index contributed by atoms with van der Waals surface area (Å²) in [4.78, 5) is 27.4. The lowest BCUT2D eigenvalue weighted by Gasteiger charge is -2.04. The molecule has 1 N–H and O–H groups in total. The van der Waals surface area contributed by atoms with E-state index in [1.165, 1.54) is 17.7 Å². The normalized spacial score (nSPS) is 10.9. The first-order valence-electron chi connectivity index (χ1n) is 8.03. The second-order valence-corrected chi connectivity index (χ2v) is 8.01. The Bertz CT molecular complexity index is 1160. The van der Waals surface area contributed by atoms with Gasteiger partial charge in [0.25, 0.3) is 5.91 Å². The number of rotatable bonds is 4. The maximum atomic E-state index is 12.2. The maximum Gasteiger partial charge on any atom is 0.324 e. The fraction of sp³-hybridized carbons (Fsp3) is 0.0526. The number of fused-ring (bicyclic) bond motifs is 1. The summed E-state index contributed by atoms with van der Waals surface area (Å²) in [5.74, 6) is -0.365. The lowest BCUT2D eigenvalue weighted by Crippen LogP contribution is -2.09. The third kappa shape index (κ3) is 3.57. The molecule has 0 saturated carbocycles. The zero-order chi connectivity index (χ0) is 19.0. The minimum Gasteiger partial charge on any atom is -0.321 e. The van der Waals surface area contributed by atoms with Crippen LogP contribution in [-0.4, -0.2) is 15.8 Å². The van der Waals surface area contributed by atoms with Gasteiger partial charge in [0.2, 0.25) is 0 Å². The van der Waals surface area contributed by atoms with Crippen molar-refractivity contribution >= 4 is 49.5 Å². The number of amides is 1. The number of carbonyl (C=O) groups is 1. The molecule has 2 heterocycles. The molecule has 0 saturated heterocycles. The zero-order valence-electron chi connectivity index (χ0n) is 14.1. The predicted octanol–water partition coefficient (Wildman–Crippen LogP) is 5.49. The van der Waals surface area contributed by atoms with Crippen molar-refractivity contribution in [2.75, 3.05) is 5.32 Å². The van der Waals surface area contributed by atoms with Crippen molar-refractivity contribution in [1.82, 2.24) is 4.98 Å². The van der Waals surface area contributed by atoms with Gasteiger partial charge >= 0.3 is 5.00 Å². The van der Waals surface area contributed by atoms with Crippen LogP contribution >= 0.6 is 22.7 Å². The number of hydrogen-bond acceptors (Lipinski definition) is 6. The Kier molecular flexibility index (Phi) is 4.43. The van der Waals surface area contributed by atoms with Crippen molar-refractivity contribution in [2.24, 2.45) is 0 Å². The van der Waals surface area contributed by atoms with E-state index in [4.69, 9.17) is 0 Å². The lowest BCUT2D eigenvalue weighted by atomic mass is 10.2. The number of anilines is 1. The monoisotopic (exact) mass is 395 g/mol. The number of thiazole rings is 1. The Labute approximate surface area is 162 Å². The molecule has 0 bridgehead atoms. The van der Waals surface area contributed by atoms with Crippen LogP contribution in [0.1, 0.15) is 15.2 Å². The highest BCUT2D eigenvalue weighted by Crippen LogP contribution is 2.31. The van der Waals surface area contributed by atoms with Crippen molar-refractivity contribution < 1.29 is 9.72 Å². The number of thiophene rings is 1. The molecule has 6 nitrogen and oxygen atoms in total. The molecule has 0 unspecified atom stereocenters. The van der Waals surface area contributed by atoms with Crippen LogP contribution in [0.25, 0.3) is 20.8 Å². The lowest BCUT2D eigenvalue weighted by molar-refractivity contribution is -0.380. The standard InChI is InChI=1S/C19H13N3O3S2/c1-11-2-7-14-16(10-11)27-19(21-14)12-3-5-13(6-4-12)20-18(23)15-8-9-17(26-15)22(24)25/h2-10H,1H3,(H,20,23). The van der Waals surface area contributed by atoms with Gasteiger partial charge in [-0.2, -0.15) is 0 Å². The van der Waals surface area contributed by atoms with Crippen LogP contribution in [0, 0.1) is 17.0 Å². The Morgan fingerprint density at radius 1 is 1.07 bits per heavy atom. The number of benzene rings is 2. The Morgan fingerprint density at radius 2 is 1.85 bits per heavy atom. The molecule has 8 heteroatoms.